The van der Waals surface area contributed by atoms with Gasteiger partial charge in [-0.1, -0.05) is 47.5 Å². The zero-order chi connectivity index (χ0) is 11.8. The molecule has 92 valence electrons. The first kappa shape index (κ1) is 15.0. The number of aliphatic hydroxyl groups is 1. The summed E-state index contributed by atoms with van der Waals surface area (Å²) < 4.78 is 0. The molecule has 1 heteroatoms. The summed E-state index contributed by atoms with van der Waals surface area (Å²) in [5, 5.41) is 9.03. The van der Waals surface area contributed by atoms with Gasteiger partial charge in [-0.3, -0.25) is 0 Å². The van der Waals surface area contributed by atoms with Crippen LogP contribution in [0.3, 0.4) is 0 Å². The highest BCUT2D eigenvalue weighted by molar-refractivity contribution is 4.73. The maximum absolute atomic E-state index is 9.03. The summed E-state index contributed by atoms with van der Waals surface area (Å²) in [6, 6.07) is 0. The van der Waals surface area contributed by atoms with E-state index in [1.54, 1.807) is 0 Å². The van der Waals surface area contributed by atoms with Gasteiger partial charge in [0.15, 0.2) is 0 Å². The molecule has 0 radical (unpaired) electrons. The van der Waals surface area contributed by atoms with Crippen LogP contribution in [0.2, 0.25) is 0 Å². The van der Waals surface area contributed by atoms with E-state index in [9.17, 15) is 0 Å². The van der Waals surface area contributed by atoms with Gasteiger partial charge in [-0.05, 0) is 37.0 Å². The van der Waals surface area contributed by atoms with Crippen LogP contribution in [0.25, 0.3) is 0 Å². The molecule has 0 bridgehead atoms. The number of aliphatic hydroxyl groups excluding tert-OH is 1. The van der Waals surface area contributed by atoms with Gasteiger partial charge in [0, 0.05) is 0 Å². The number of rotatable bonds is 5. The second-order valence-electron chi connectivity index (χ2n) is 5.76. The average molecular weight is 214 g/mol. The molecule has 1 rings (SSSR count). The normalized spacial score (nSPS) is 17.6. The Morgan fingerprint density at radius 2 is 1.60 bits per heavy atom. The summed E-state index contributed by atoms with van der Waals surface area (Å²) in [4.78, 5) is 0. The highest BCUT2D eigenvalue weighted by atomic mass is 16.3. The van der Waals surface area contributed by atoms with Crippen LogP contribution < -0.4 is 0 Å². The topological polar surface area (TPSA) is 20.2 Å². The Kier molecular flexibility index (Phi) is 8.13. The van der Waals surface area contributed by atoms with Gasteiger partial charge in [0.1, 0.15) is 0 Å². The van der Waals surface area contributed by atoms with Crippen molar-refractivity contribution in [1.82, 2.24) is 0 Å². The quantitative estimate of drug-likeness (QED) is 0.725. The lowest BCUT2D eigenvalue weighted by atomic mass is 10.0. The molecular weight excluding hydrogens is 184 g/mol. The van der Waals surface area contributed by atoms with E-state index in [-0.39, 0.29) is 6.10 Å². The standard InChI is InChI=1S/C7H16O.C7H14/c1-4-7(8)5-6(2)3;1-6(2)5-7-3-4-7/h6-8H,4-5H2,1-3H3;6-7H,3-5H2,1-2H3. The predicted molar refractivity (Wildman–Crippen MR) is 67.9 cm³/mol. The molecule has 1 N–H and O–H groups in total. The van der Waals surface area contributed by atoms with Crippen molar-refractivity contribution in [3.8, 4) is 0 Å². The fourth-order valence-electron chi connectivity index (χ4n) is 1.73. The third-order valence-electron chi connectivity index (χ3n) is 2.72. The van der Waals surface area contributed by atoms with Crippen molar-refractivity contribution in [2.24, 2.45) is 17.8 Å². The van der Waals surface area contributed by atoms with Crippen LogP contribution in [0.15, 0.2) is 0 Å². The van der Waals surface area contributed by atoms with E-state index in [0.717, 1.165) is 24.7 Å². The van der Waals surface area contributed by atoms with Crippen LogP contribution in [0.1, 0.15) is 66.7 Å². The van der Waals surface area contributed by atoms with Gasteiger partial charge >= 0.3 is 0 Å². The molecule has 0 spiro atoms. The van der Waals surface area contributed by atoms with Crippen molar-refractivity contribution in [2.75, 3.05) is 0 Å². The van der Waals surface area contributed by atoms with Crippen LogP contribution in [-0.4, -0.2) is 11.2 Å². The van der Waals surface area contributed by atoms with E-state index < -0.39 is 0 Å². The molecule has 0 heterocycles. The Hall–Kier alpha value is -0.0400. The van der Waals surface area contributed by atoms with Gasteiger partial charge in [-0.15, -0.1) is 0 Å². The molecule has 0 aromatic rings. The molecule has 1 fully saturated rings. The zero-order valence-corrected chi connectivity index (χ0v) is 11.3. The van der Waals surface area contributed by atoms with Gasteiger partial charge in [0.25, 0.3) is 0 Å². The van der Waals surface area contributed by atoms with E-state index >= 15 is 0 Å². The summed E-state index contributed by atoms with van der Waals surface area (Å²) in [5.74, 6) is 2.69. The molecule has 0 amide bonds. The molecule has 1 atom stereocenters. The lowest BCUT2D eigenvalue weighted by Crippen LogP contribution is -2.07. The van der Waals surface area contributed by atoms with Crippen molar-refractivity contribution in [3.63, 3.8) is 0 Å². The Morgan fingerprint density at radius 1 is 1.07 bits per heavy atom. The third-order valence-corrected chi connectivity index (χ3v) is 2.72. The van der Waals surface area contributed by atoms with Crippen LogP contribution in [-0.2, 0) is 0 Å². The molecular formula is C14H30O. The molecule has 0 aromatic carbocycles. The molecule has 1 nitrogen and oxygen atoms in total. The van der Waals surface area contributed by atoms with Crippen LogP contribution >= 0.6 is 0 Å². The minimum Gasteiger partial charge on any atom is -0.393 e. The van der Waals surface area contributed by atoms with E-state index in [2.05, 4.69) is 27.7 Å². The maximum Gasteiger partial charge on any atom is 0.0540 e. The maximum atomic E-state index is 9.03. The molecule has 1 unspecified atom stereocenters. The molecule has 0 aliphatic heterocycles. The second kappa shape index (κ2) is 8.15. The van der Waals surface area contributed by atoms with Gasteiger partial charge in [0.2, 0.25) is 0 Å². The minimum atomic E-state index is -0.0741. The number of hydrogen-bond donors (Lipinski definition) is 1. The van der Waals surface area contributed by atoms with Gasteiger partial charge < -0.3 is 5.11 Å². The summed E-state index contributed by atoms with van der Waals surface area (Å²) in [5.41, 5.74) is 0. The minimum absolute atomic E-state index is 0.0741. The first-order valence-electron chi connectivity index (χ1n) is 6.63. The highest BCUT2D eigenvalue weighted by Gasteiger charge is 2.21. The largest absolute Gasteiger partial charge is 0.393 e. The Labute approximate surface area is 96.3 Å². The summed E-state index contributed by atoms with van der Waals surface area (Å²) in [6.45, 7) is 10.9. The van der Waals surface area contributed by atoms with E-state index in [1.165, 1.54) is 19.3 Å². The molecule has 0 aromatic heterocycles. The molecule has 15 heavy (non-hydrogen) atoms. The Morgan fingerprint density at radius 3 is 1.73 bits per heavy atom. The van der Waals surface area contributed by atoms with Crippen molar-refractivity contribution in [2.45, 2.75) is 72.8 Å². The molecule has 1 saturated carbocycles. The third kappa shape index (κ3) is 11.9. The van der Waals surface area contributed by atoms with Crippen molar-refractivity contribution < 1.29 is 5.11 Å². The first-order chi connectivity index (χ1) is 6.95. The van der Waals surface area contributed by atoms with Gasteiger partial charge in [-0.25, -0.2) is 0 Å². The van der Waals surface area contributed by atoms with Gasteiger partial charge in [-0.2, -0.15) is 0 Å². The monoisotopic (exact) mass is 214 g/mol. The lowest BCUT2D eigenvalue weighted by molar-refractivity contribution is 0.145. The summed E-state index contributed by atoms with van der Waals surface area (Å²) in [7, 11) is 0. The van der Waals surface area contributed by atoms with Gasteiger partial charge in [0.05, 0.1) is 6.10 Å². The second-order valence-corrected chi connectivity index (χ2v) is 5.76. The van der Waals surface area contributed by atoms with E-state index in [4.69, 9.17) is 5.11 Å². The predicted octanol–water partition coefficient (Wildman–Crippen LogP) is 4.25. The fourth-order valence-corrected chi connectivity index (χ4v) is 1.73. The molecule has 0 saturated heterocycles. The zero-order valence-electron chi connectivity index (χ0n) is 11.3. The Bertz CT molecular complexity index is 136. The van der Waals surface area contributed by atoms with Crippen LogP contribution in [0.4, 0.5) is 0 Å². The fraction of sp³-hybridized carbons (Fsp3) is 1.00. The average Bonchev–Trinajstić information content (AvgIpc) is 2.87. The summed E-state index contributed by atoms with van der Waals surface area (Å²) in [6.07, 6.45) is 6.25. The SMILES string of the molecule is CC(C)CC1CC1.CCC(O)CC(C)C. The van der Waals surface area contributed by atoms with Crippen LogP contribution in [0, 0.1) is 17.8 Å². The number of hydrogen-bond acceptors (Lipinski definition) is 1. The highest BCUT2D eigenvalue weighted by Crippen LogP contribution is 2.34. The van der Waals surface area contributed by atoms with Crippen molar-refractivity contribution in [1.29, 1.82) is 0 Å². The lowest BCUT2D eigenvalue weighted by Gasteiger charge is -2.08. The van der Waals surface area contributed by atoms with Crippen molar-refractivity contribution >= 4 is 0 Å². The smallest absolute Gasteiger partial charge is 0.0540 e. The van der Waals surface area contributed by atoms with Crippen molar-refractivity contribution in [3.05, 3.63) is 0 Å². The first-order valence-corrected chi connectivity index (χ1v) is 6.63. The molecule has 1 aliphatic carbocycles. The molecule has 1 aliphatic rings. The van der Waals surface area contributed by atoms with Crippen LogP contribution in [0.5, 0.6) is 0 Å². The Balaban J connectivity index is 0.000000262. The van der Waals surface area contributed by atoms with E-state index in [0.29, 0.717) is 5.92 Å². The summed E-state index contributed by atoms with van der Waals surface area (Å²) >= 11 is 0. The van der Waals surface area contributed by atoms with E-state index in [1.807, 2.05) is 6.92 Å².